The average Bonchev–Trinajstić information content (AvgIpc) is 2.86. The molecule has 0 radical (unpaired) electrons. The molecule has 0 aliphatic carbocycles. The van der Waals surface area contributed by atoms with E-state index in [1.54, 1.807) is 0 Å². The zero-order chi connectivity index (χ0) is 28.3. The summed E-state index contributed by atoms with van der Waals surface area (Å²) in [5.41, 5.74) is 0. The zero-order valence-corrected chi connectivity index (χ0v) is 24.7. The predicted octanol–water partition coefficient (Wildman–Crippen LogP) is 7.72. The van der Waals surface area contributed by atoms with E-state index in [1.165, 1.54) is 57.8 Å². The molecule has 0 fully saturated rings. The second kappa shape index (κ2) is 25.8. The van der Waals surface area contributed by atoms with Crippen LogP contribution >= 0.6 is 7.82 Å². The Labute approximate surface area is 230 Å². The minimum atomic E-state index is -4.72. The van der Waals surface area contributed by atoms with Crippen molar-refractivity contribution in [1.29, 1.82) is 0 Å². The molecule has 0 saturated heterocycles. The van der Waals surface area contributed by atoms with E-state index in [9.17, 15) is 14.2 Å². The third kappa shape index (κ3) is 27.6. The molecule has 0 aliphatic rings. The molecule has 0 saturated carbocycles. The number of esters is 2. The molecule has 0 aromatic rings. The van der Waals surface area contributed by atoms with Crippen LogP contribution in [0.25, 0.3) is 0 Å². The Kier molecular flexibility index (Phi) is 24.8. The molecule has 0 aliphatic heterocycles. The smallest absolute Gasteiger partial charge is 0.462 e. The molecule has 0 aromatic carbocycles. The number of hydrogen-bond donors (Lipinski definition) is 2. The maximum atomic E-state index is 12.1. The van der Waals surface area contributed by atoms with Crippen LogP contribution in [0.2, 0.25) is 0 Å². The predicted molar refractivity (Wildman–Crippen MR) is 152 cm³/mol. The van der Waals surface area contributed by atoms with Crippen molar-refractivity contribution in [2.75, 3.05) is 13.2 Å². The van der Waals surface area contributed by atoms with E-state index in [4.69, 9.17) is 19.3 Å². The van der Waals surface area contributed by atoms with Crippen LogP contribution in [0.5, 0.6) is 0 Å². The third-order valence-electron chi connectivity index (χ3n) is 5.94. The van der Waals surface area contributed by atoms with Gasteiger partial charge in [-0.2, -0.15) is 0 Å². The largest absolute Gasteiger partial charge is 0.469 e. The van der Waals surface area contributed by atoms with Gasteiger partial charge in [0.1, 0.15) is 6.61 Å². The summed E-state index contributed by atoms with van der Waals surface area (Å²) < 4.78 is 25.6. The molecular formula is C29H53O8P. The number of ether oxygens (including phenoxy) is 2. The van der Waals surface area contributed by atoms with Crippen molar-refractivity contribution in [3.05, 3.63) is 24.3 Å². The van der Waals surface area contributed by atoms with E-state index in [-0.39, 0.29) is 19.4 Å². The van der Waals surface area contributed by atoms with Gasteiger partial charge in [-0.1, -0.05) is 95.9 Å². The summed E-state index contributed by atoms with van der Waals surface area (Å²) in [6.45, 7) is 3.22. The van der Waals surface area contributed by atoms with Crippen LogP contribution in [0.3, 0.4) is 0 Å². The van der Waals surface area contributed by atoms with Crippen LogP contribution in [0.4, 0.5) is 0 Å². The molecular weight excluding hydrogens is 507 g/mol. The van der Waals surface area contributed by atoms with Crippen molar-refractivity contribution >= 4 is 19.8 Å². The maximum Gasteiger partial charge on any atom is 0.469 e. The molecule has 9 heteroatoms. The average molecular weight is 561 g/mol. The number of carbonyl (C=O) groups excluding carboxylic acids is 2. The number of hydrogen-bond acceptors (Lipinski definition) is 6. The van der Waals surface area contributed by atoms with Gasteiger partial charge >= 0.3 is 19.8 Å². The fraction of sp³-hybridized carbons (Fsp3) is 0.793. The summed E-state index contributed by atoms with van der Waals surface area (Å²) >= 11 is 0. The highest BCUT2D eigenvalue weighted by Gasteiger charge is 2.22. The summed E-state index contributed by atoms with van der Waals surface area (Å²) in [5, 5.41) is 0. The molecule has 222 valence electrons. The van der Waals surface area contributed by atoms with Crippen molar-refractivity contribution in [2.24, 2.45) is 0 Å². The summed E-state index contributed by atoms with van der Waals surface area (Å²) in [6, 6.07) is 0. The molecule has 8 nitrogen and oxygen atoms in total. The standard InChI is InChI=1S/C29H53O8P/c1-3-5-6-7-8-9-10-11-12-13-14-15-16-17-18-19-20-21-22-24-29(31)37-27(26-36-38(32,33)34)25-35-28(30)23-4-2/h8-9,11-12,27H,3-7,10,13-26H2,1-2H3,(H2,32,33,34)/b9-8-,12-11-. The first-order valence-electron chi connectivity index (χ1n) is 14.6. The summed E-state index contributed by atoms with van der Waals surface area (Å²) in [7, 11) is -4.72. The monoisotopic (exact) mass is 560 g/mol. The first kappa shape index (κ1) is 36.5. The summed E-state index contributed by atoms with van der Waals surface area (Å²) in [6.07, 6.45) is 26.4. The molecule has 0 aromatic heterocycles. The van der Waals surface area contributed by atoms with Crippen molar-refractivity contribution in [3.63, 3.8) is 0 Å². The molecule has 0 heterocycles. The number of rotatable bonds is 26. The Hall–Kier alpha value is -1.47. The van der Waals surface area contributed by atoms with E-state index in [1.807, 2.05) is 6.92 Å². The van der Waals surface area contributed by atoms with Crippen LogP contribution in [0.15, 0.2) is 24.3 Å². The van der Waals surface area contributed by atoms with E-state index < -0.39 is 32.5 Å². The van der Waals surface area contributed by atoms with Crippen LogP contribution < -0.4 is 0 Å². The number of unbranched alkanes of at least 4 members (excludes halogenated alkanes) is 12. The van der Waals surface area contributed by atoms with Gasteiger partial charge in [0.25, 0.3) is 0 Å². The number of allylic oxidation sites excluding steroid dienone is 4. The van der Waals surface area contributed by atoms with Gasteiger partial charge in [-0.25, -0.2) is 4.57 Å². The number of carbonyl (C=O) groups is 2. The van der Waals surface area contributed by atoms with E-state index in [0.29, 0.717) is 12.8 Å². The lowest BCUT2D eigenvalue weighted by molar-refractivity contribution is -0.161. The van der Waals surface area contributed by atoms with Gasteiger partial charge in [0.15, 0.2) is 6.10 Å². The van der Waals surface area contributed by atoms with Crippen LogP contribution in [0, 0.1) is 0 Å². The first-order chi connectivity index (χ1) is 18.3. The minimum Gasteiger partial charge on any atom is -0.462 e. The number of phosphoric acid groups is 1. The Bertz CT molecular complexity index is 686. The highest BCUT2D eigenvalue weighted by Crippen LogP contribution is 2.35. The van der Waals surface area contributed by atoms with Gasteiger partial charge < -0.3 is 19.3 Å². The highest BCUT2D eigenvalue weighted by atomic mass is 31.2. The topological polar surface area (TPSA) is 119 Å². The van der Waals surface area contributed by atoms with Gasteiger partial charge in [0.05, 0.1) is 6.61 Å². The first-order valence-corrected chi connectivity index (χ1v) is 16.2. The molecule has 1 atom stereocenters. The second-order valence-corrected chi connectivity index (χ2v) is 11.0. The van der Waals surface area contributed by atoms with Gasteiger partial charge in [-0.3, -0.25) is 14.1 Å². The lowest BCUT2D eigenvalue weighted by atomic mass is 10.1. The third-order valence-corrected chi connectivity index (χ3v) is 6.43. The van der Waals surface area contributed by atoms with E-state index >= 15 is 0 Å². The van der Waals surface area contributed by atoms with Gasteiger partial charge in [-0.05, 0) is 44.9 Å². The minimum absolute atomic E-state index is 0.206. The van der Waals surface area contributed by atoms with Crippen molar-refractivity contribution in [1.82, 2.24) is 0 Å². The normalized spacial score (nSPS) is 12.8. The Morgan fingerprint density at radius 2 is 1.24 bits per heavy atom. The van der Waals surface area contributed by atoms with Crippen LogP contribution in [0.1, 0.15) is 129 Å². The highest BCUT2D eigenvalue weighted by molar-refractivity contribution is 7.46. The maximum absolute atomic E-state index is 12.1. The van der Waals surface area contributed by atoms with E-state index in [2.05, 4.69) is 35.8 Å². The summed E-state index contributed by atoms with van der Waals surface area (Å²) in [4.78, 5) is 41.4. The zero-order valence-electron chi connectivity index (χ0n) is 23.8. The SMILES string of the molecule is CCCCC/C=C\C/C=C\CCCCCCCCCCCC(=O)OC(COC(=O)CCC)COP(=O)(O)O. The fourth-order valence-electron chi connectivity index (χ4n) is 3.79. The van der Waals surface area contributed by atoms with Gasteiger partial charge in [-0.15, -0.1) is 0 Å². The number of phosphoric ester groups is 1. The lowest BCUT2D eigenvalue weighted by Gasteiger charge is -2.18. The Balaban J connectivity index is 3.76. The molecule has 0 spiro atoms. The van der Waals surface area contributed by atoms with Crippen molar-refractivity contribution < 1.29 is 37.9 Å². The van der Waals surface area contributed by atoms with Crippen LogP contribution in [-0.2, 0) is 28.2 Å². The summed E-state index contributed by atoms with van der Waals surface area (Å²) in [5.74, 6) is -0.953. The lowest BCUT2D eigenvalue weighted by Crippen LogP contribution is -2.29. The molecule has 0 bridgehead atoms. The molecule has 1 unspecified atom stereocenters. The van der Waals surface area contributed by atoms with Gasteiger partial charge in [0, 0.05) is 12.8 Å². The van der Waals surface area contributed by atoms with Crippen LogP contribution in [-0.4, -0.2) is 41.0 Å². The Morgan fingerprint density at radius 3 is 1.79 bits per heavy atom. The second-order valence-electron chi connectivity index (χ2n) is 9.73. The molecule has 0 rings (SSSR count). The quantitative estimate of drug-likeness (QED) is 0.0477. The van der Waals surface area contributed by atoms with Gasteiger partial charge in [0.2, 0.25) is 0 Å². The Morgan fingerprint density at radius 1 is 0.684 bits per heavy atom. The molecule has 38 heavy (non-hydrogen) atoms. The molecule has 0 amide bonds. The fourth-order valence-corrected chi connectivity index (χ4v) is 4.15. The molecule has 2 N–H and O–H groups in total. The van der Waals surface area contributed by atoms with E-state index in [0.717, 1.165) is 32.1 Å². The van der Waals surface area contributed by atoms with Crippen molar-refractivity contribution in [2.45, 2.75) is 136 Å². The van der Waals surface area contributed by atoms with Crippen molar-refractivity contribution in [3.8, 4) is 0 Å².